The maximum absolute atomic E-state index is 11.5. The molecule has 0 aliphatic rings. The molecule has 76 valence electrons. The van der Waals surface area contributed by atoms with Crippen molar-refractivity contribution in [3.8, 4) is 0 Å². The molecular formula is C7H11F3N2O. The number of amides is 1. The first kappa shape index (κ1) is 11.9. The summed E-state index contributed by atoms with van der Waals surface area (Å²) in [6.07, 6.45) is -1.27. The van der Waals surface area contributed by atoms with E-state index < -0.39 is 12.1 Å². The summed E-state index contributed by atoms with van der Waals surface area (Å²) in [7, 11) is 0. The Balaban J connectivity index is 3.64. The molecule has 0 unspecified atom stereocenters. The zero-order valence-electron chi connectivity index (χ0n) is 7.19. The summed E-state index contributed by atoms with van der Waals surface area (Å²) in [4.78, 5) is 10.1. The van der Waals surface area contributed by atoms with Gasteiger partial charge in [0.15, 0.2) is 0 Å². The molecule has 0 aromatic heterocycles. The van der Waals surface area contributed by atoms with Crippen LogP contribution in [0, 0.1) is 0 Å². The Kier molecular flexibility index (Phi) is 5.10. The van der Waals surface area contributed by atoms with Crippen molar-refractivity contribution in [2.24, 2.45) is 5.10 Å². The molecule has 0 atom stereocenters. The minimum atomic E-state index is -4.86. The first-order chi connectivity index (χ1) is 5.98. The largest absolute Gasteiger partial charge is 0.473 e. The van der Waals surface area contributed by atoms with Gasteiger partial charge in [-0.25, -0.2) is 5.43 Å². The molecule has 13 heavy (non-hydrogen) atoms. The molecule has 0 aliphatic heterocycles. The van der Waals surface area contributed by atoms with Gasteiger partial charge in [0.25, 0.3) is 0 Å². The summed E-state index contributed by atoms with van der Waals surface area (Å²) in [6.45, 7) is 1.95. The predicted octanol–water partition coefficient (Wildman–Crippen LogP) is 1.84. The number of rotatable bonds is 4. The van der Waals surface area contributed by atoms with Gasteiger partial charge in [-0.3, -0.25) is 4.79 Å². The van der Waals surface area contributed by atoms with Crippen LogP contribution in [0.3, 0.4) is 0 Å². The van der Waals surface area contributed by atoms with E-state index in [2.05, 4.69) is 5.10 Å². The van der Waals surface area contributed by atoms with Gasteiger partial charge in [-0.1, -0.05) is 13.3 Å². The summed E-state index contributed by atoms with van der Waals surface area (Å²) in [5, 5.41) is 3.13. The maximum atomic E-state index is 11.5. The third kappa shape index (κ3) is 6.12. The second-order valence-corrected chi connectivity index (χ2v) is 2.39. The van der Waals surface area contributed by atoms with Gasteiger partial charge in [-0.2, -0.15) is 18.3 Å². The molecule has 0 aromatic carbocycles. The number of nitrogens with zero attached hydrogens (tertiary/aromatic N) is 1. The molecular weight excluding hydrogens is 185 g/mol. The maximum Gasteiger partial charge on any atom is 0.473 e. The predicted molar refractivity (Wildman–Crippen MR) is 42.2 cm³/mol. The highest BCUT2D eigenvalue weighted by Crippen LogP contribution is 2.13. The number of alkyl halides is 3. The molecule has 0 aromatic rings. The van der Waals surface area contributed by atoms with Crippen molar-refractivity contribution in [2.45, 2.75) is 32.4 Å². The first-order valence-electron chi connectivity index (χ1n) is 3.87. The van der Waals surface area contributed by atoms with Crippen LogP contribution in [0.15, 0.2) is 5.10 Å². The first-order valence-corrected chi connectivity index (χ1v) is 3.87. The molecule has 0 rings (SSSR count). The van der Waals surface area contributed by atoms with Crippen molar-refractivity contribution in [3.05, 3.63) is 0 Å². The van der Waals surface area contributed by atoms with Gasteiger partial charge in [-0.05, 0) is 12.8 Å². The van der Waals surface area contributed by atoms with Gasteiger partial charge in [0.1, 0.15) is 0 Å². The lowest BCUT2D eigenvalue weighted by molar-refractivity contribution is -0.173. The van der Waals surface area contributed by atoms with E-state index in [9.17, 15) is 18.0 Å². The van der Waals surface area contributed by atoms with E-state index in [1.807, 2.05) is 6.92 Å². The van der Waals surface area contributed by atoms with Crippen molar-refractivity contribution < 1.29 is 18.0 Å². The highest BCUT2D eigenvalue weighted by Gasteiger charge is 2.38. The van der Waals surface area contributed by atoms with Crippen LogP contribution < -0.4 is 5.43 Å². The summed E-state index contributed by atoms with van der Waals surface area (Å²) in [5.41, 5.74) is 1.39. The molecule has 0 saturated carbocycles. The van der Waals surface area contributed by atoms with Gasteiger partial charge < -0.3 is 0 Å². The van der Waals surface area contributed by atoms with Crippen LogP contribution in [-0.2, 0) is 4.79 Å². The highest BCUT2D eigenvalue weighted by molar-refractivity contribution is 5.82. The average molecular weight is 196 g/mol. The normalized spacial score (nSPS) is 12.0. The Bertz CT molecular complexity index is 189. The Morgan fingerprint density at radius 1 is 1.54 bits per heavy atom. The number of halogens is 3. The van der Waals surface area contributed by atoms with E-state index in [0.29, 0.717) is 6.42 Å². The second kappa shape index (κ2) is 5.55. The van der Waals surface area contributed by atoms with Gasteiger partial charge >= 0.3 is 12.1 Å². The molecule has 0 aliphatic carbocycles. The lowest BCUT2D eigenvalue weighted by atomic mass is 10.3. The number of hydrogen-bond donors (Lipinski definition) is 1. The molecule has 0 radical (unpaired) electrons. The molecule has 1 N–H and O–H groups in total. The fraction of sp³-hybridized carbons (Fsp3) is 0.714. The lowest BCUT2D eigenvalue weighted by Crippen LogP contribution is -2.33. The van der Waals surface area contributed by atoms with E-state index in [1.165, 1.54) is 11.6 Å². The Morgan fingerprint density at radius 3 is 2.62 bits per heavy atom. The second-order valence-electron chi connectivity index (χ2n) is 2.39. The molecule has 3 nitrogen and oxygen atoms in total. The van der Waals surface area contributed by atoms with Crippen LogP contribution in [0.1, 0.15) is 26.2 Å². The van der Waals surface area contributed by atoms with E-state index >= 15 is 0 Å². The number of hydrazone groups is 1. The van der Waals surface area contributed by atoms with Crippen LogP contribution in [0.5, 0.6) is 0 Å². The fourth-order valence-corrected chi connectivity index (χ4v) is 0.528. The van der Waals surface area contributed by atoms with Crippen molar-refractivity contribution in [3.63, 3.8) is 0 Å². The summed E-state index contributed by atoms with van der Waals surface area (Å²) in [5.74, 6) is -2.04. The smallest absolute Gasteiger partial charge is 0.263 e. The molecule has 6 heteroatoms. The van der Waals surface area contributed by atoms with Crippen molar-refractivity contribution in [2.75, 3.05) is 0 Å². The molecule has 0 bridgehead atoms. The van der Waals surface area contributed by atoms with Gasteiger partial charge in [0.2, 0.25) is 0 Å². The van der Waals surface area contributed by atoms with Crippen LogP contribution in [0.25, 0.3) is 0 Å². The van der Waals surface area contributed by atoms with Crippen LogP contribution >= 0.6 is 0 Å². The number of nitrogens with one attached hydrogen (secondary N) is 1. The van der Waals surface area contributed by atoms with Crippen LogP contribution in [-0.4, -0.2) is 18.3 Å². The monoisotopic (exact) mass is 196 g/mol. The van der Waals surface area contributed by atoms with E-state index in [0.717, 1.165) is 12.8 Å². The van der Waals surface area contributed by atoms with Crippen molar-refractivity contribution in [1.29, 1.82) is 0 Å². The molecule has 0 saturated heterocycles. The van der Waals surface area contributed by atoms with E-state index in [-0.39, 0.29) is 0 Å². The van der Waals surface area contributed by atoms with Gasteiger partial charge in [0, 0.05) is 6.21 Å². The standard InChI is InChI=1S/C7H11F3N2O/c1-2-3-4-5-11-12-6(13)7(8,9)10/h5H,2-4H2,1H3,(H,12,13)/b11-5+. The number of carbonyl (C=O) groups excluding carboxylic acids is 1. The van der Waals surface area contributed by atoms with Crippen molar-refractivity contribution in [1.82, 2.24) is 5.43 Å². The summed E-state index contributed by atoms with van der Waals surface area (Å²) in [6, 6.07) is 0. The number of carbonyl (C=O) groups is 1. The zero-order chi connectivity index (χ0) is 10.3. The Morgan fingerprint density at radius 2 is 2.15 bits per heavy atom. The van der Waals surface area contributed by atoms with Crippen molar-refractivity contribution >= 4 is 12.1 Å². The van der Waals surface area contributed by atoms with E-state index in [1.54, 1.807) is 0 Å². The fourth-order valence-electron chi connectivity index (χ4n) is 0.528. The van der Waals surface area contributed by atoms with Gasteiger partial charge in [-0.15, -0.1) is 0 Å². The Labute approximate surface area is 74.0 Å². The lowest BCUT2D eigenvalue weighted by Gasteiger charge is -2.02. The Hall–Kier alpha value is -1.07. The molecule has 0 fully saturated rings. The van der Waals surface area contributed by atoms with Gasteiger partial charge in [0.05, 0.1) is 0 Å². The summed E-state index contributed by atoms with van der Waals surface area (Å²) < 4.78 is 34.6. The van der Waals surface area contributed by atoms with Crippen LogP contribution in [0.4, 0.5) is 13.2 Å². The minimum Gasteiger partial charge on any atom is -0.263 e. The summed E-state index contributed by atoms with van der Waals surface area (Å²) >= 11 is 0. The number of unbranched alkanes of at least 4 members (excludes halogenated alkanes) is 2. The number of hydrogen-bond acceptors (Lipinski definition) is 2. The van der Waals surface area contributed by atoms with E-state index in [4.69, 9.17) is 0 Å². The minimum absolute atomic E-state index is 0.564. The molecule has 0 spiro atoms. The molecule has 1 amide bonds. The highest BCUT2D eigenvalue weighted by atomic mass is 19.4. The molecule has 0 heterocycles. The quantitative estimate of drug-likeness (QED) is 0.416. The van der Waals surface area contributed by atoms with Crippen LogP contribution in [0.2, 0.25) is 0 Å². The third-order valence-electron chi connectivity index (χ3n) is 1.20. The topological polar surface area (TPSA) is 41.5 Å². The average Bonchev–Trinajstić information content (AvgIpc) is 2.02. The SMILES string of the molecule is CCCC/C=N/NC(=O)C(F)(F)F. The zero-order valence-corrected chi connectivity index (χ0v) is 7.19. The third-order valence-corrected chi connectivity index (χ3v) is 1.20.